The molecule has 3 nitrogen and oxygen atoms in total. The van der Waals surface area contributed by atoms with E-state index in [1.807, 2.05) is 24.3 Å². The Morgan fingerprint density at radius 3 is 2.46 bits per heavy atom. The van der Waals surface area contributed by atoms with Crippen LogP contribution in [0, 0.1) is 0 Å². The Labute approximate surface area is 144 Å². The molecule has 3 rings (SSSR count). The fourth-order valence-electron chi connectivity index (χ4n) is 3.06. The van der Waals surface area contributed by atoms with Gasteiger partial charge in [0.25, 0.3) is 6.01 Å². The summed E-state index contributed by atoms with van der Waals surface area (Å²) in [6.45, 7) is 5.43. The summed E-state index contributed by atoms with van der Waals surface area (Å²) in [5, 5.41) is 0. The molecule has 1 atom stereocenters. The molecule has 0 N–H and O–H groups in total. The van der Waals surface area contributed by atoms with E-state index in [4.69, 9.17) is 9.40 Å². The zero-order chi connectivity index (χ0) is 16.8. The number of hydrogen-bond acceptors (Lipinski definition) is 3. The number of fused-ring (bicyclic) bond motifs is 1. The van der Waals surface area contributed by atoms with Crippen molar-refractivity contribution in [2.45, 2.75) is 45.6 Å². The highest BCUT2D eigenvalue weighted by Gasteiger charge is 2.21. The minimum Gasteiger partial charge on any atom is -0.423 e. The molecule has 0 saturated carbocycles. The van der Waals surface area contributed by atoms with E-state index in [1.54, 1.807) is 0 Å². The fraction of sp³-hybridized carbons (Fsp3) is 0.381. The molecule has 24 heavy (non-hydrogen) atoms. The van der Waals surface area contributed by atoms with E-state index in [9.17, 15) is 0 Å². The summed E-state index contributed by atoms with van der Waals surface area (Å²) < 4.78 is 6.04. The van der Waals surface area contributed by atoms with Gasteiger partial charge >= 0.3 is 0 Å². The van der Waals surface area contributed by atoms with E-state index in [0.29, 0.717) is 0 Å². The van der Waals surface area contributed by atoms with Crippen molar-refractivity contribution in [2.75, 3.05) is 11.4 Å². The molecule has 0 aliphatic carbocycles. The zero-order valence-electron chi connectivity index (χ0n) is 14.6. The number of oxazole rings is 1. The van der Waals surface area contributed by atoms with E-state index < -0.39 is 0 Å². The van der Waals surface area contributed by atoms with Gasteiger partial charge in [-0.25, -0.2) is 0 Å². The van der Waals surface area contributed by atoms with E-state index in [-0.39, 0.29) is 6.04 Å². The first kappa shape index (κ1) is 16.6. The van der Waals surface area contributed by atoms with Gasteiger partial charge in [-0.05, 0) is 31.0 Å². The lowest BCUT2D eigenvalue weighted by molar-refractivity contribution is 0.517. The second-order valence-corrected chi connectivity index (χ2v) is 6.30. The molecule has 0 aliphatic heterocycles. The van der Waals surface area contributed by atoms with Crippen LogP contribution in [0.1, 0.15) is 51.1 Å². The predicted octanol–water partition coefficient (Wildman–Crippen LogP) is 5.98. The topological polar surface area (TPSA) is 29.3 Å². The standard InChI is InChI=1S/C21H26N2O/c1-3-4-5-11-16-23(17(2)18-12-7-6-8-13-18)21-22-19-14-9-10-15-20(19)24-21/h6-10,12-15,17H,3-5,11,16H2,1-2H3. The largest absolute Gasteiger partial charge is 0.423 e. The van der Waals surface area contributed by atoms with Crippen LogP contribution in [0.3, 0.4) is 0 Å². The predicted molar refractivity (Wildman–Crippen MR) is 100 cm³/mol. The van der Waals surface area contributed by atoms with Crippen LogP contribution in [-0.4, -0.2) is 11.5 Å². The van der Waals surface area contributed by atoms with Crippen molar-refractivity contribution in [3.8, 4) is 0 Å². The first-order valence-corrected chi connectivity index (χ1v) is 8.96. The van der Waals surface area contributed by atoms with Crippen molar-refractivity contribution in [3.63, 3.8) is 0 Å². The van der Waals surface area contributed by atoms with Gasteiger partial charge in [-0.3, -0.25) is 0 Å². The summed E-state index contributed by atoms with van der Waals surface area (Å²) in [7, 11) is 0. The average molecular weight is 322 g/mol. The molecule has 0 aliphatic rings. The SMILES string of the molecule is CCCCCCN(c1nc2ccccc2o1)C(C)c1ccccc1. The van der Waals surface area contributed by atoms with Gasteiger partial charge in [0.1, 0.15) is 5.52 Å². The summed E-state index contributed by atoms with van der Waals surface area (Å²) in [4.78, 5) is 7.01. The number of unbranched alkanes of at least 4 members (excludes halogenated alkanes) is 3. The lowest BCUT2D eigenvalue weighted by Gasteiger charge is -2.28. The average Bonchev–Trinajstić information content (AvgIpc) is 3.05. The smallest absolute Gasteiger partial charge is 0.298 e. The van der Waals surface area contributed by atoms with Gasteiger partial charge in [-0.15, -0.1) is 0 Å². The quantitative estimate of drug-likeness (QED) is 0.478. The van der Waals surface area contributed by atoms with Gasteiger partial charge in [0.15, 0.2) is 5.58 Å². The molecule has 0 saturated heterocycles. The normalized spacial score (nSPS) is 12.4. The first-order valence-electron chi connectivity index (χ1n) is 8.96. The van der Waals surface area contributed by atoms with Crippen LogP contribution in [0.25, 0.3) is 11.1 Å². The number of rotatable bonds is 8. The molecule has 1 unspecified atom stereocenters. The van der Waals surface area contributed by atoms with E-state index in [1.165, 1.54) is 24.8 Å². The molecular formula is C21H26N2O. The van der Waals surface area contributed by atoms with Crippen LogP contribution < -0.4 is 4.90 Å². The molecule has 0 bridgehead atoms. The van der Waals surface area contributed by atoms with Crippen molar-refractivity contribution in [2.24, 2.45) is 0 Å². The summed E-state index contributed by atoms with van der Waals surface area (Å²) in [6.07, 6.45) is 4.93. The molecule has 3 aromatic rings. The number of para-hydroxylation sites is 2. The first-order chi connectivity index (χ1) is 11.8. The van der Waals surface area contributed by atoms with Crippen molar-refractivity contribution in [1.82, 2.24) is 4.98 Å². The van der Waals surface area contributed by atoms with Gasteiger partial charge in [0, 0.05) is 6.54 Å². The second kappa shape index (κ2) is 8.00. The molecular weight excluding hydrogens is 296 g/mol. The summed E-state index contributed by atoms with van der Waals surface area (Å²) in [6, 6.07) is 19.5. The number of aromatic nitrogens is 1. The van der Waals surface area contributed by atoms with Gasteiger partial charge in [-0.1, -0.05) is 68.7 Å². The molecule has 126 valence electrons. The summed E-state index contributed by atoms with van der Waals surface area (Å²) in [5.41, 5.74) is 3.06. The highest BCUT2D eigenvalue weighted by molar-refractivity contribution is 5.74. The van der Waals surface area contributed by atoms with Crippen LogP contribution in [0.2, 0.25) is 0 Å². The van der Waals surface area contributed by atoms with Gasteiger partial charge < -0.3 is 9.32 Å². The molecule has 2 aromatic carbocycles. The number of hydrogen-bond donors (Lipinski definition) is 0. The summed E-state index contributed by atoms with van der Waals surface area (Å²) in [5.74, 6) is 0. The van der Waals surface area contributed by atoms with Gasteiger partial charge in [-0.2, -0.15) is 4.98 Å². The third kappa shape index (κ3) is 3.78. The molecule has 1 heterocycles. The summed E-state index contributed by atoms with van der Waals surface area (Å²) >= 11 is 0. The lowest BCUT2D eigenvalue weighted by Crippen LogP contribution is -2.28. The lowest BCUT2D eigenvalue weighted by atomic mass is 10.1. The number of nitrogens with zero attached hydrogens (tertiary/aromatic N) is 2. The minimum atomic E-state index is 0.237. The Morgan fingerprint density at radius 1 is 0.958 bits per heavy atom. The highest BCUT2D eigenvalue weighted by atomic mass is 16.4. The molecule has 0 fully saturated rings. The maximum atomic E-state index is 6.04. The molecule has 0 amide bonds. The Bertz CT molecular complexity index is 718. The van der Waals surface area contributed by atoms with Crippen LogP contribution in [0.5, 0.6) is 0 Å². The van der Waals surface area contributed by atoms with Crippen LogP contribution in [0.15, 0.2) is 59.0 Å². The van der Waals surface area contributed by atoms with Gasteiger partial charge in [0.05, 0.1) is 6.04 Å². The second-order valence-electron chi connectivity index (χ2n) is 6.30. The van der Waals surface area contributed by atoms with Crippen LogP contribution >= 0.6 is 0 Å². The minimum absolute atomic E-state index is 0.237. The maximum absolute atomic E-state index is 6.04. The highest BCUT2D eigenvalue weighted by Crippen LogP contribution is 2.29. The molecule has 0 radical (unpaired) electrons. The zero-order valence-corrected chi connectivity index (χ0v) is 14.6. The van der Waals surface area contributed by atoms with Crippen LogP contribution in [0.4, 0.5) is 6.01 Å². The Morgan fingerprint density at radius 2 is 1.71 bits per heavy atom. The monoisotopic (exact) mass is 322 g/mol. The molecule has 0 spiro atoms. The van der Waals surface area contributed by atoms with Crippen LogP contribution in [-0.2, 0) is 0 Å². The van der Waals surface area contributed by atoms with E-state index in [0.717, 1.165) is 30.1 Å². The molecule has 3 heteroatoms. The maximum Gasteiger partial charge on any atom is 0.298 e. The molecule has 1 aromatic heterocycles. The van der Waals surface area contributed by atoms with Gasteiger partial charge in [0.2, 0.25) is 0 Å². The Hall–Kier alpha value is -2.29. The Balaban J connectivity index is 1.86. The number of benzene rings is 2. The van der Waals surface area contributed by atoms with Crippen molar-refractivity contribution < 1.29 is 4.42 Å². The van der Waals surface area contributed by atoms with Crippen molar-refractivity contribution >= 4 is 17.1 Å². The van der Waals surface area contributed by atoms with Crippen molar-refractivity contribution in [3.05, 3.63) is 60.2 Å². The van der Waals surface area contributed by atoms with Crippen molar-refractivity contribution in [1.29, 1.82) is 0 Å². The third-order valence-corrected chi connectivity index (χ3v) is 4.53. The third-order valence-electron chi connectivity index (χ3n) is 4.53. The number of anilines is 1. The van der Waals surface area contributed by atoms with E-state index in [2.05, 4.69) is 49.1 Å². The fourth-order valence-corrected chi connectivity index (χ4v) is 3.06. The van der Waals surface area contributed by atoms with E-state index >= 15 is 0 Å². The Kier molecular flexibility index (Phi) is 5.52.